The first-order valence-corrected chi connectivity index (χ1v) is 7.55. The second-order valence-electron chi connectivity index (χ2n) is 7.23. The van der Waals surface area contributed by atoms with Gasteiger partial charge in [0.05, 0.1) is 0 Å². The van der Waals surface area contributed by atoms with E-state index in [1.54, 1.807) is 0 Å². The molecule has 0 aromatic rings. The first kappa shape index (κ1) is 15.1. The number of hydrogen-bond donors (Lipinski definition) is 1. The minimum atomic E-state index is -0.953. The van der Waals surface area contributed by atoms with E-state index < -0.39 is 11.5 Å². The maximum Gasteiger partial charge on any atom is 0.323 e. The highest BCUT2D eigenvalue weighted by molar-refractivity contribution is 5.81. The fraction of sp³-hybridized carbons (Fsp3) is 0.867. The third-order valence-corrected chi connectivity index (χ3v) is 3.96. The molecule has 20 heavy (non-hydrogen) atoms. The Morgan fingerprint density at radius 2 is 1.50 bits per heavy atom. The molecule has 0 unspecified atom stereocenters. The van der Waals surface area contributed by atoms with Crippen molar-refractivity contribution in [3.8, 4) is 0 Å². The predicted octanol–water partition coefficient (Wildman–Crippen LogP) is 2.41. The van der Waals surface area contributed by atoms with E-state index in [9.17, 15) is 9.59 Å². The number of amides is 2. The van der Waals surface area contributed by atoms with E-state index >= 15 is 0 Å². The molecule has 5 heteroatoms. The van der Waals surface area contributed by atoms with E-state index in [-0.39, 0.29) is 12.6 Å². The zero-order valence-electron chi connectivity index (χ0n) is 12.8. The second kappa shape index (κ2) is 5.62. The first-order valence-electron chi connectivity index (χ1n) is 7.55. The molecule has 5 nitrogen and oxygen atoms in total. The normalized spacial score (nSPS) is 18.8. The highest BCUT2D eigenvalue weighted by atomic mass is 16.4. The van der Waals surface area contributed by atoms with Gasteiger partial charge in [0.25, 0.3) is 0 Å². The number of urea groups is 1. The van der Waals surface area contributed by atoms with Crippen LogP contribution in [0.5, 0.6) is 0 Å². The van der Waals surface area contributed by atoms with Crippen molar-refractivity contribution in [1.82, 2.24) is 9.80 Å². The van der Waals surface area contributed by atoms with Gasteiger partial charge in [-0.1, -0.05) is 0 Å². The van der Waals surface area contributed by atoms with Gasteiger partial charge in [-0.2, -0.15) is 0 Å². The van der Waals surface area contributed by atoms with Gasteiger partial charge in [0, 0.05) is 18.6 Å². The Morgan fingerprint density at radius 1 is 1.05 bits per heavy atom. The highest BCUT2D eigenvalue weighted by Crippen LogP contribution is 2.34. The molecule has 0 atom stereocenters. The van der Waals surface area contributed by atoms with Crippen molar-refractivity contribution >= 4 is 12.0 Å². The zero-order valence-corrected chi connectivity index (χ0v) is 12.8. The summed E-state index contributed by atoms with van der Waals surface area (Å²) in [5, 5.41) is 9.05. The largest absolute Gasteiger partial charge is 0.480 e. The average Bonchev–Trinajstić information content (AvgIpc) is 3.16. The summed E-state index contributed by atoms with van der Waals surface area (Å²) in [6, 6.07) is -0.112. The molecule has 0 spiro atoms. The molecule has 1 N–H and O–H groups in total. The summed E-state index contributed by atoms with van der Waals surface area (Å²) < 4.78 is 0. The van der Waals surface area contributed by atoms with Gasteiger partial charge >= 0.3 is 12.0 Å². The lowest BCUT2D eigenvalue weighted by Crippen LogP contribution is -2.54. The van der Waals surface area contributed by atoms with Crippen molar-refractivity contribution in [2.75, 3.05) is 19.6 Å². The number of carbonyl (C=O) groups is 2. The molecule has 0 aliphatic heterocycles. The van der Waals surface area contributed by atoms with Gasteiger partial charge in [-0.05, 0) is 58.3 Å². The summed E-state index contributed by atoms with van der Waals surface area (Å²) in [7, 11) is 0. The van der Waals surface area contributed by atoms with Crippen LogP contribution in [0.1, 0.15) is 46.5 Å². The molecule has 2 aliphatic rings. The summed E-state index contributed by atoms with van der Waals surface area (Å²) >= 11 is 0. The van der Waals surface area contributed by atoms with Crippen molar-refractivity contribution < 1.29 is 14.7 Å². The predicted molar refractivity (Wildman–Crippen MR) is 76.5 cm³/mol. The molecule has 114 valence electrons. The Labute approximate surface area is 120 Å². The van der Waals surface area contributed by atoms with Crippen LogP contribution in [0.4, 0.5) is 4.79 Å². The molecule has 2 saturated carbocycles. The molecule has 0 bridgehead atoms. The van der Waals surface area contributed by atoms with E-state index in [1.807, 2.05) is 25.7 Å². The topological polar surface area (TPSA) is 60.9 Å². The van der Waals surface area contributed by atoms with Gasteiger partial charge in [0.1, 0.15) is 6.54 Å². The second-order valence-corrected chi connectivity index (χ2v) is 7.23. The molecule has 0 saturated heterocycles. The molecular weight excluding hydrogens is 256 g/mol. The summed E-state index contributed by atoms with van der Waals surface area (Å²) in [6.45, 7) is 7.03. The van der Waals surface area contributed by atoms with Crippen molar-refractivity contribution in [1.29, 1.82) is 0 Å². The fourth-order valence-corrected chi connectivity index (χ4v) is 2.35. The van der Waals surface area contributed by atoms with Crippen LogP contribution in [-0.4, -0.2) is 52.1 Å². The number of hydrogen-bond acceptors (Lipinski definition) is 2. The van der Waals surface area contributed by atoms with Crippen molar-refractivity contribution in [2.24, 2.45) is 11.8 Å². The number of aliphatic carboxylic acids is 1. The van der Waals surface area contributed by atoms with Crippen LogP contribution in [0.25, 0.3) is 0 Å². The van der Waals surface area contributed by atoms with Crippen LogP contribution >= 0.6 is 0 Å². The van der Waals surface area contributed by atoms with Gasteiger partial charge in [-0.15, -0.1) is 0 Å². The summed E-state index contributed by atoms with van der Waals surface area (Å²) in [5.41, 5.74) is -0.471. The van der Waals surface area contributed by atoms with Gasteiger partial charge in [-0.25, -0.2) is 4.79 Å². The van der Waals surface area contributed by atoms with Crippen LogP contribution < -0.4 is 0 Å². The van der Waals surface area contributed by atoms with Gasteiger partial charge < -0.3 is 14.9 Å². The molecular formula is C15H26N2O3. The summed E-state index contributed by atoms with van der Waals surface area (Å²) in [6.07, 6.45) is 4.79. The maximum atomic E-state index is 12.7. The number of carboxylic acids is 1. The van der Waals surface area contributed by atoms with Gasteiger partial charge in [0.2, 0.25) is 0 Å². The van der Waals surface area contributed by atoms with Gasteiger partial charge in [-0.3, -0.25) is 4.79 Å². The Balaban J connectivity index is 2.05. The fourth-order valence-electron chi connectivity index (χ4n) is 2.35. The van der Waals surface area contributed by atoms with E-state index in [0.29, 0.717) is 11.8 Å². The lowest BCUT2D eigenvalue weighted by molar-refractivity contribution is -0.138. The maximum absolute atomic E-state index is 12.7. The van der Waals surface area contributed by atoms with Crippen LogP contribution in [0.2, 0.25) is 0 Å². The number of nitrogens with zero attached hydrogens (tertiary/aromatic N) is 2. The Morgan fingerprint density at radius 3 is 1.80 bits per heavy atom. The number of rotatable bonds is 6. The minimum absolute atomic E-state index is 0.112. The smallest absolute Gasteiger partial charge is 0.323 e. The van der Waals surface area contributed by atoms with E-state index in [4.69, 9.17) is 5.11 Å². The van der Waals surface area contributed by atoms with Crippen LogP contribution in [0, 0.1) is 11.8 Å². The SMILES string of the molecule is CC(C)(C)N(CC(=O)O)C(=O)N(CC1CC1)CC1CC1. The molecule has 0 heterocycles. The Kier molecular flexibility index (Phi) is 4.25. The zero-order chi connectivity index (χ0) is 14.9. The van der Waals surface area contributed by atoms with Crippen molar-refractivity contribution in [2.45, 2.75) is 52.0 Å². The monoisotopic (exact) mass is 282 g/mol. The van der Waals surface area contributed by atoms with Crippen LogP contribution in [0.15, 0.2) is 0 Å². The molecule has 0 aromatic carbocycles. The summed E-state index contributed by atoms with van der Waals surface area (Å²) in [5.74, 6) is 0.305. The molecule has 0 aromatic heterocycles. The van der Waals surface area contributed by atoms with Crippen LogP contribution in [0.3, 0.4) is 0 Å². The summed E-state index contributed by atoms with van der Waals surface area (Å²) in [4.78, 5) is 27.2. The van der Waals surface area contributed by atoms with E-state index in [0.717, 1.165) is 13.1 Å². The van der Waals surface area contributed by atoms with Crippen LogP contribution in [-0.2, 0) is 4.79 Å². The Bertz CT molecular complexity index is 367. The molecule has 0 radical (unpaired) electrons. The number of carbonyl (C=O) groups excluding carboxylic acids is 1. The van der Waals surface area contributed by atoms with E-state index in [2.05, 4.69) is 0 Å². The minimum Gasteiger partial charge on any atom is -0.480 e. The average molecular weight is 282 g/mol. The van der Waals surface area contributed by atoms with Gasteiger partial charge in [0.15, 0.2) is 0 Å². The third-order valence-electron chi connectivity index (χ3n) is 3.96. The molecule has 2 amide bonds. The Hall–Kier alpha value is -1.26. The lowest BCUT2D eigenvalue weighted by atomic mass is 10.1. The molecule has 2 fully saturated rings. The van der Waals surface area contributed by atoms with Crippen molar-refractivity contribution in [3.63, 3.8) is 0 Å². The lowest BCUT2D eigenvalue weighted by Gasteiger charge is -2.38. The molecule has 2 rings (SSSR count). The quantitative estimate of drug-likeness (QED) is 0.814. The third kappa shape index (κ3) is 4.39. The standard InChI is InChI=1S/C15H26N2O3/c1-15(2,3)17(10-13(18)19)14(20)16(8-11-4-5-11)9-12-6-7-12/h11-12H,4-10H2,1-3H3,(H,18,19). The number of carboxylic acid groups (broad SMARTS) is 1. The van der Waals surface area contributed by atoms with E-state index in [1.165, 1.54) is 30.6 Å². The first-order chi connectivity index (χ1) is 9.27. The van der Waals surface area contributed by atoms with Crippen molar-refractivity contribution in [3.05, 3.63) is 0 Å². The molecule has 2 aliphatic carbocycles. The highest BCUT2D eigenvalue weighted by Gasteiger charge is 2.36.